The average molecular weight is 236 g/mol. The maximum atomic E-state index is 10.2. The van der Waals surface area contributed by atoms with Crippen LogP contribution >= 0.6 is 0 Å². The number of ether oxygens (including phenoxy) is 1. The van der Waals surface area contributed by atoms with Crippen LogP contribution in [0.25, 0.3) is 0 Å². The molecule has 0 bridgehead atoms. The van der Waals surface area contributed by atoms with Crippen molar-refractivity contribution in [2.45, 2.75) is 45.6 Å². The zero-order chi connectivity index (χ0) is 12.9. The molecular weight excluding hydrogens is 212 g/mol. The molecule has 0 aliphatic carbocycles. The summed E-state index contributed by atoms with van der Waals surface area (Å²) in [7, 11) is 0. The van der Waals surface area contributed by atoms with Crippen LogP contribution in [0.2, 0.25) is 0 Å². The molecule has 0 aromatic heterocycles. The second-order valence-electron chi connectivity index (χ2n) is 5.43. The molecule has 1 N–H and O–H groups in total. The molecule has 0 radical (unpaired) electrons. The van der Waals surface area contributed by atoms with Crippen molar-refractivity contribution >= 4 is 0 Å². The lowest BCUT2D eigenvalue weighted by Gasteiger charge is -2.25. The third-order valence-corrected chi connectivity index (χ3v) is 2.75. The fourth-order valence-corrected chi connectivity index (χ4v) is 1.90. The Morgan fingerprint density at radius 2 is 1.88 bits per heavy atom. The molecule has 1 aromatic carbocycles. The molecular formula is C15H24O2. The van der Waals surface area contributed by atoms with Gasteiger partial charge in [0, 0.05) is 6.61 Å². The van der Waals surface area contributed by atoms with Crippen LogP contribution in [-0.2, 0) is 10.2 Å². The van der Waals surface area contributed by atoms with Crippen molar-refractivity contribution in [1.82, 2.24) is 0 Å². The molecule has 0 saturated heterocycles. The minimum absolute atomic E-state index is 0.0440. The lowest BCUT2D eigenvalue weighted by atomic mass is 9.82. The summed E-state index contributed by atoms with van der Waals surface area (Å²) in [5, 5.41) is 10.2. The van der Waals surface area contributed by atoms with Gasteiger partial charge in [-0.1, -0.05) is 52.0 Å². The molecule has 1 unspecified atom stereocenters. The number of hydrogen-bond donors (Lipinski definition) is 1. The molecule has 0 saturated carbocycles. The standard InChI is InChI=1S/C15H24O2/c1-5-10-17-11-14(16)12-8-6-7-9-13(12)15(2,3)4/h6-9,14,16H,5,10-11H2,1-4H3. The van der Waals surface area contributed by atoms with Crippen molar-refractivity contribution in [3.63, 3.8) is 0 Å². The quantitative estimate of drug-likeness (QED) is 0.793. The summed E-state index contributed by atoms with van der Waals surface area (Å²) in [6, 6.07) is 8.05. The van der Waals surface area contributed by atoms with E-state index in [0.29, 0.717) is 13.2 Å². The lowest BCUT2D eigenvalue weighted by molar-refractivity contribution is 0.0355. The van der Waals surface area contributed by atoms with Gasteiger partial charge in [-0.15, -0.1) is 0 Å². The summed E-state index contributed by atoms with van der Waals surface area (Å²) in [5.74, 6) is 0. The van der Waals surface area contributed by atoms with Gasteiger partial charge < -0.3 is 9.84 Å². The van der Waals surface area contributed by atoms with Gasteiger partial charge in [0.25, 0.3) is 0 Å². The Morgan fingerprint density at radius 3 is 2.47 bits per heavy atom. The third-order valence-electron chi connectivity index (χ3n) is 2.75. The average Bonchev–Trinajstić information content (AvgIpc) is 2.28. The second-order valence-corrected chi connectivity index (χ2v) is 5.43. The van der Waals surface area contributed by atoms with Gasteiger partial charge in [0.2, 0.25) is 0 Å². The van der Waals surface area contributed by atoms with Crippen molar-refractivity contribution in [3.05, 3.63) is 35.4 Å². The normalized spacial score (nSPS) is 13.7. The molecule has 2 nitrogen and oxygen atoms in total. The Labute approximate surface area is 105 Å². The van der Waals surface area contributed by atoms with Gasteiger partial charge in [-0.2, -0.15) is 0 Å². The number of aliphatic hydroxyl groups excluding tert-OH is 1. The lowest BCUT2D eigenvalue weighted by Crippen LogP contribution is -2.18. The highest BCUT2D eigenvalue weighted by Gasteiger charge is 2.21. The first-order valence-electron chi connectivity index (χ1n) is 6.32. The second kappa shape index (κ2) is 6.18. The van der Waals surface area contributed by atoms with Crippen molar-refractivity contribution in [3.8, 4) is 0 Å². The number of hydrogen-bond acceptors (Lipinski definition) is 2. The zero-order valence-corrected chi connectivity index (χ0v) is 11.4. The van der Waals surface area contributed by atoms with Crippen LogP contribution in [0.15, 0.2) is 24.3 Å². The van der Waals surface area contributed by atoms with E-state index >= 15 is 0 Å². The van der Waals surface area contributed by atoms with Crippen LogP contribution in [0.4, 0.5) is 0 Å². The van der Waals surface area contributed by atoms with E-state index in [2.05, 4.69) is 33.8 Å². The minimum Gasteiger partial charge on any atom is -0.386 e. The van der Waals surface area contributed by atoms with Gasteiger partial charge in [0.05, 0.1) is 6.61 Å². The van der Waals surface area contributed by atoms with Crippen LogP contribution in [0.5, 0.6) is 0 Å². The molecule has 0 heterocycles. The summed E-state index contributed by atoms with van der Waals surface area (Å²) in [5.41, 5.74) is 2.21. The van der Waals surface area contributed by atoms with E-state index < -0.39 is 6.10 Å². The molecule has 0 aliphatic rings. The minimum atomic E-state index is -0.531. The number of rotatable bonds is 5. The van der Waals surface area contributed by atoms with E-state index in [0.717, 1.165) is 12.0 Å². The Hall–Kier alpha value is -0.860. The summed E-state index contributed by atoms with van der Waals surface area (Å²) in [6.07, 6.45) is 0.449. The van der Waals surface area contributed by atoms with E-state index in [1.54, 1.807) is 0 Å². The van der Waals surface area contributed by atoms with Crippen molar-refractivity contribution in [1.29, 1.82) is 0 Å². The van der Waals surface area contributed by atoms with Crippen molar-refractivity contribution < 1.29 is 9.84 Å². The predicted molar refractivity (Wildman–Crippen MR) is 71.2 cm³/mol. The maximum Gasteiger partial charge on any atom is 0.103 e. The van der Waals surface area contributed by atoms with Gasteiger partial charge in [-0.3, -0.25) is 0 Å². The van der Waals surface area contributed by atoms with Crippen LogP contribution < -0.4 is 0 Å². The largest absolute Gasteiger partial charge is 0.386 e. The number of benzene rings is 1. The summed E-state index contributed by atoms with van der Waals surface area (Å²) in [6.45, 7) is 9.62. The third kappa shape index (κ3) is 4.14. The molecule has 2 heteroatoms. The van der Waals surface area contributed by atoms with E-state index in [1.165, 1.54) is 5.56 Å². The zero-order valence-electron chi connectivity index (χ0n) is 11.4. The van der Waals surface area contributed by atoms with Gasteiger partial charge >= 0.3 is 0 Å². The monoisotopic (exact) mass is 236 g/mol. The molecule has 0 aliphatic heterocycles. The van der Waals surface area contributed by atoms with Crippen LogP contribution in [0.3, 0.4) is 0 Å². The molecule has 0 fully saturated rings. The van der Waals surface area contributed by atoms with Crippen LogP contribution in [0, 0.1) is 0 Å². The van der Waals surface area contributed by atoms with Crippen LogP contribution in [0.1, 0.15) is 51.3 Å². The predicted octanol–water partition coefficient (Wildman–Crippen LogP) is 3.44. The Morgan fingerprint density at radius 1 is 1.24 bits per heavy atom. The van der Waals surface area contributed by atoms with Gasteiger partial charge in [-0.25, -0.2) is 0 Å². The fourth-order valence-electron chi connectivity index (χ4n) is 1.90. The molecule has 1 atom stereocenters. The Bertz CT molecular complexity index is 339. The first-order valence-corrected chi connectivity index (χ1v) is 6.32. The van der Waals surface area contributed by atoms with Crippen molar-refractivity contribution in [2.24, 2.45) is 0 Å². The summed E-state index contributed by atoms with van der Waals surface area (Å²) in [4.78, 5) is 0. The van der Waals surface area contributed by atoms with Gasteiger partial charge in [-0.05, 0) is 23.0 Å². The first-order chi connectivity index (χ1) is 7.96. The van der Waals surface area contributed by atoms with E-state index in [1.807, 2.05) is 18.2 Å². The van der Waals surface area contributed by atoms with Gasteiger partial charge in [0.1, 0.15) is 6.10 Å². The Balaban J connectivity index is 2.82. The molecule has 17 heavy (non-hydrogen) atoms. The van der Waals surface area contributed by atoms with Crippen molar-refractivity contribution in [2.75, 3.05) is 13.2 Å². The first kappa shape index (κ1) is 14.2. The highest BCUT2D eigenvalue weighted by molar-refractivity contribution is 5.34. The molecule has 1 rings (SSSR count). The Kier molecular flexibility index (Phi) is 5.16. The highest BCUT2D eigenvalue weighted by Crippen LogP contribution is 2.29. The molecule has 96 valence electrons. The topological polar surface area (TPSA) is 29.5 Å². The molecule has 0 spiro atoms. The smallest absolute Gasteiger partial charge is 0.103 e. The SMILES string of the molecule is CCCOCC(O)c1ccccc1C(C)(C)C. The van der Waals surface area contributed by atoms with Gasteiger partial charge in [0.15, 0.2) is 0 Å². The van der Waals surface area contributed by atoms with E-state index in [9.17, 15) is 5.11 Å². The fraction of sp³-hybridized carbons (Fsp3) is 0.600. The molecule has 0 amide bonds. The number of aliphatic hydroxyl groups is 1. The van der Waals surface area contributed by atoms with E-state index in [4.69, 9.17) is 4.74 Å². The summed E-state index contributed by atoms with van der Waals surface area (Å²) >= 11 is 0. The molecule has 1 aromatic rings. The van der Waals surface area contributed by atoms with E-state index in [-0.39, 0.29) is 5.41 Å². The maximum absolute atomic E-state index is 10.2. The highest BCUT2D eigenvalue weighted by atomic mass is 16.5. The summed E-state index contributed by atoms with van der Waals surface area (Å²) < 4.78 is 5.42. The van der Waals surface area contributed by atoms with Crippen LogP contribution in [-0.4, -0.2) is 18.3 Å².